The molecule has 6 nitrogen and oxygen atoms in total. The monoisotopic (exact) mass is 460 g/mol. The van der Waals surface area contributed by atoms with Crippen molar-refractivity contribution in [3.63, 3.8) is 0 Å². The highest BCUT2D eigenvalue weighted by atomic mass is 35.5. The molecule has 2 aromatic heterocycles. The van der Waals surface area contributed by atoms with Gasteiger partial charge in [-0.3, -0.25) is 0 Å². The second-order valence-electron chi connectivity index (χ2n) is 7.38. The van der Waals surface area contributed by atoms with E-state index < -0.39 is 11.3 Å². The van der Waals surface area contributed by atoms with Crippen molar-refractivity contribution in [3.8, 4) is 22.6 Å². The van der Waals surface area contributed by atoms with Crippen LogP contribution < -0.4 is 20.7 Å². The topological polar surface area (TPSA) is 78.9 Å². The average molecular weight is 461 g/mol. The lowest BCUT2D eigenvalue weighted by Gasteiger charge is -2.10. The highest BCUT2D eigenvalue weighted by Gasteiger charge is 2.16. The zero-order valence-electron chi connectivity index (χ0n) is 17.5. The number of benzene rings is 3. The van der Waals surface area contributed by atoms with Gasteiger partial charge in [-0.2, -0.15) is 0 Å². The number of halogens is 1. The van der Waals surface area contributed by atoms with E-state index >= 15 is 0 Å². The summed E-state index contributed by atoms with van der Waals surface area (Å²) in [4.78, 5) is 25.1. The molecular weight excluding hydrogens is 444 g/mol. The molecule has 0 spiro atoms. The maximum absolute atomic E-state index is 12.8. The third-order valence-corrected chi connectivity index (χ3v) is 5.52. The van der Waals surface area contributed by atoms with Gasteiger partial charge in [0.05, 0.1) is 12.7 Å². The zero-order valence-corrected chi connectivity index (χ0v) is 18.2. The molecule has 164 valence electrons. The van der Waals surface area contributed by atoms with Gasteiger partial charge >= 0.3 is 11.3 Å². The van der Waals surface area contributed by atoms with Crippen LogP contribution in [0.15, 0.2) is 91.2 Å². The molecule has 0 aliphatic carbocycles. The van der Waals surface area contributed by atoms with Crippen molar-refractivity contribution in [2.75, 3.05) is 7.11 Å². The van der Waals surface area contributed by atoms with Crippen molar-refractivity contribution in [3.05, 3.63) is 104 Å². The summed E-state index contributed by atoms with van der Waals surface area (Å²) in [7, 11) is 1.51. The molecule has 2 heterocycles. The normalized spacial score (nSPS) is 11.1. The molecule has 0 bridgehead atoms. The fourth-order valence-electron chi connectivity index (χ4n) is 3.67. The number of rotatable bonds is 5. The average Bonchev–Trinajstić information content (AvgIpc) is 2.82. The second kappa shape index (κ2) is 8.48. The van der Waals surface area contributed by atoms with Crippen LogP contribution in [0.2, 0.25) is 5.02 Å². The van der Waals surface area contributed by atoms with Crippen LogP contribution >= 0.6 is 11.6 Å². The van der Waals surface area contributed by atoms with Crippen LogP contribution in [0.4, 0.5) is 0 Å². The molecule has 0 aliphatic heterocycles. The Hall–Kier alpha value is -4.03. The molecular formula is C26H17ClO6. The van der Waals surface area contributed by atoms with Gasteiger partial charge in [-0.1, -0.05) is 35.9 Å². The Kier molecular flexibility index (Phi) is 5.36. The summed E-state index contributed by atoms with van der Waals surface area (Å²) in [5, 5.41) is 1.91. The summed E-state index contributed by atoms with van der Waals surface area (Å²) < 4.78 is 22.0. The summed E-state index contributed by atoms with van der Waals surface area (Å²) in [5.41, 5.74) is 1.10. The molecule has 0 unspecified atom stereocenters. The fourth-order valence-corrected chi connectivity index (χ4v) is 3.80. The van der Waals surface area contributed by atoms with E-state index in [1.54, 1.807) is 54.6 Å². The SMILES string of the molecule is COc1cccc2cc(-c3cc(=O)oc4cc(OCc5ccc(Cl)cc5)ccc34)c(=O)oc12. The van der Waals surface area contributed by atoms with Crippen molar-refractivity contribution in [2.24, 2.45) is 0 Å². The summed E-state index contributed by atoms with van der Waals surface area (Å²) in [6, 6.07) is 20.7. The van der Waals surface area contributed by atoms with Gasteiger partial charge in [-0.25, -0.2) is 9.59 Å². The van der Waals surface area contributed by atoms with Crippen LogP contribution in [0, 0.1) is 0 Å². The largest absolute Gasteiger partial charge is 0.493 e. The Morgan fingerprint density at radius 1 is 0.879 bits per heavy atom. The Balaban J connectivity index is 1.56. The van der Waals surface area contributed by atoms with Crippen LogP contribution in [0.25, 0.3) is 33.1 Å². The maximum atomic E-state index is 12.8. The molecule has 0 saturated heterocycles. The lowest BCUT2D eigenvalue weighted by atomic mass is 10.0. The Morgan fingerprint density at radius 2 is 1.70 bits per heavy atom. The first-order chi connectivity index (χ1) is 16.0. The van der Waals surface area contributed by atoms with Crippen LogP contribution in [-0.4, -0.2) is 7.11 Å². The van der Waals surface area contributed by atoms with Gasteiger partial charge in [-0.15, -0.1) is 0 Å². The predicted octanol–water partition coefficient (Wildman–Crippen LogP) is 5.81. The highest BCUT2D eigenvalue weighted by Crippen LogP contribution is 2.32. The molecule has 7 heteroatoms. The van der Waals surface area contributed by atoms with Crippen LogP contribution in [-0.2, 0) is 6.61 Å². The molecule has 0 N–H and O–H groups in total. The van der Waals surface area contributed by atoms with Crippen molar-refractivity contribution < 1.29 is 18.3 Å². The molecule has 5 rings (SSSR count). The third kappa shape index (κ3) is 4.08. The Morgan fingerprint density at radius 3 is 2.48 bits per heavy atom. The van der Waals surface area contributed by atoms with E-state index in [2.05, 4.69) is 0 Å². The molecule has 5 aromatic rings. The lowest BCUT2D eigenvalue weighted by molar-refractivity contribution is 0.306. The van der Waals surface area contributed by atoms with Gasteiger partial charge in [0.1, 0.15) is 17.9 Å². The van der Waals surface area contributed by atoms with E-state index in [1.165, 1.54) is 13.2 Å². The van der Waals surface area contributed by atoms with Gasteiger partial charge in [0.25, 0.3) is 0 Å². The number of hydrogen-bond donors (Lipinski definition) is 0. The van der Waals surface area contributed by atoms with Crippen molar-refractivity contribution in [2.45, 2.75) is 6.61 Å². The number of hydrogen-bond acceptors (Lipinski definition) is 6. The zero-order chi connectivity index (χ0) is 22.9. The standard InChI is InChI=1S/C26H17ClO6/c1-30-22-4-2-3-16-11-21(26(29)33-25(16)22)20-13-24(28)32-23-12-18(9-10-19(20)23)31-14-15-5-7-17(27)8-6-15/h2-13H,14H2,1H3. The highest BCUT2D eigenvalue weighted by molar-refractivity contribution is 6.30. The first-order valence-electron chi connectivity index (χ1n) is 10.1. The molecule has 0 amide bonds. The second-order valence-corrected chi connectivity index (χ2v) is 7.81. The smallest absolute Gasteiger partial charge is 0.344 e. The van der Waals surface area contributed by atoms with E-state index in [1.807, 2.05) is 12.1 Å². The number of para-hydroxylation sites is 1. The number of fused-ring (bicyclic) bond motifs is 2. The number of methoxy groups -OCH3 is 1. The molecule has 3 aromatic carbocycles. The minimum absolute atomic E-state index is 0.253. The summed E-state index contributed by atoms with van der Waals surface area (Å²) in [6.45, 7) is 0.322. The van der Waals surface area contributed by atoms with Crippen molar-refractivity contribution in [1.29, 1.82) is 0 Å². The van der Waals surface area contributed by atoms with Gasteiger partial charge in [0, 0.05) is 33.5 Å². The van der Waals surface area contributed by atoms with Crippen LogP contribution in [0.1, 0.15) is 5.56 Å². The Labute approximate surface area is 192 Å². The first kappa shape index (κ1) is 20.8. The summed E-state index contributed by atoms with van der Waals surface area (Å²) in [5.74, 6) is 0.976. The molecule has 0 fully saturated rings. The predicted molar refractivity (Wildman–Crippen MR) is 126 cm³/mol. The first-order valence-corrected chi connectivity index (χ1v) is 10.5. The van der Waals surface area contributed by atoms with E-state index in [0.29, 0.717) is 50.6 Å². The van der Waals surface area contributed by atoms with Crippen LogP contribution in [0.3, 0.4) is 0 Å². The van der Waals surface area contributed by atoms with Crippen LogP contribution in [0.5, 0.6) is 11.5 Å². The van der Waals surface area contributed by atoms with E-state index in [9.17, 15) is 9.59 Å². The van der Waals surface area contributed by atoms with Gasteiger partial charge in [0.2, 0.25) is 0 Å². The Bertz CT molecular complexity index is 1600. The molecule has 0 saturated carbocycles. The van der Waals surface area contributed by atoms with E-state index in [4.69, 9.17) is 29.9 Å². The fraction of sp³-hybridized carbons (Fsp3) is 0.0769. The minimum Gasteiger partial charge on any atom is -0.493 e. The van der Waals surface area contributed by atoms with Gasteiger partial charge < -0.3 is 18.3 Å². The molecule has 0 atom stereocenters. The quantitative estimate of drug-likeness (QED) is 0.308. The maximum Gasteiger partial charge on any atom is 0.344 e. The minimum atomic E-state index is -0.586. The number of ether oxygens (including phenoxy) is 2. The molecule has 33 heavy (non-hydrogen) atoms. The van der Waals surface area contributed by atoms with Crippen molar-refractivity contribution >= 4 is 33.5 Å². The van der Waals surface area contributed by atoms with Gasteiger partial charge in [-0.05, 0) is 42.0 Å². The third-order valence-electron chi connectivity index (χ3n) is 5.27. The summed E-state index contributed by atoms with van der Waals surface area (Å²) in [6.07, 6.45) is 0. The van der Waals surface area contributed by atoms with E-state index in [-0.39, 0.29) is 5.56 Å². The van der Waals surface area contributed by atoms with Crippen molar-refractivity contribution in [1.82, 2.24) is 0 Å². The lowest BCUT2D eigenvalue weighted by Crippen LogP contribution is -2.07. The molecule has 0 aliphatic rings. The van der Waals surface area contributed by atoms with E-state index in [0.717, 1.165) is 5.56 Å². The van der Waals surface area contributed by atoms with Gasteiger partial charge in [0.15, 0.2) is 11.3 Å². The summed E-state index contributed by atoms with van der Waals surface area (Å²) >= 11 is 5.91. The molecule has 0 radical (unpaired) electrons.